The third-order valence-corrected chi connectivity index (χ3v) is 4.28. The van der Waals surface area contributed by atoms with Crippen molar-refractivity contribution in [1.82, 2.24) is 19.8 Å². The van der Waals surface area contributed by atoms with E-state index >= 15 is 0 Å². The van der Waals surface area contributed by atoms with E-state index in [1.54, 1.807) is 12.1 Å². The molecule has 1 aliphatic heterocycles. The van der Waals surface area contributed by atoms with E-state index in [9.17, 15) is 10.1 Å². The molecule has 0 saturated carbocycles. The average molecular weight is 364 g/mol. The van der Waals surface area contributed by atoms with Crippen LogP contribution in [-0.4, -0.2) is 45.6 Å². The topological polar surface area (TPSA) is 76.2 Å². The Bertz CT molecular complexity index is 746. The van der Waals surface area contributed by atoms with Crippen molar-refractivity contribution >= 4 is 24.2 Å². The Hall–Kier alpha value is -2.22. The molecule has 7 nitrogen and oxygen atoms in total. The lowest BCUT2D eigenvalue weighted by Gasteiger charge is -2.34. The van der Waals surface area contributed by atoms with Gasteiger partial charge in [-0.3, -0.25) is 15.0 Å². The molecule has 2 heterocycles. The van der Waals surface area contributed by atoms with Crippen molar-refractivity contribution in [1.29, 1.82) is 0 Å². The standard InChI is InChI=1S/C17H21N5O2.ClH/c1-20-11-9-19-17(20)16-13-18-8-12-21(16)10-4-6-14-5-2-3-7-15(14)22(23)24;/h2-7,9,11,16,18H,8,10,12-13H2,1H3;1H/b6-4+;. The maximum Gasteiger partial charge on any atom is 0.276 e. The number of nitrogens with zero attached hydrogens (tertiary/aromatic N) is 4. The zero-order valence-electron chi connectivity index (χ0n) is 14.0. The molecular formula is C17H22ClN5O2. The van der Waals surface area contributed by atoms with E-state index in [2.05, 4.69) is 15.2 Å². The van der Waals surface area contributed by atoms with Gasteiger partial charge >= 0.3 is 0 Å². The van der Waals surface area contributed by atoms with E-state index in [4.69, 9.17) is 0 Å². The lowest BCUT2D eigenvalue weighted by atomic mass is 10.1. The van der Waals surface area contributed by atoms with Crippen molar-refractivity contribution in [3.63, 3.8) is 0 Å². The molecule has 1 saturated heterocycles. The van der Waals surface area contributed by atoms with Gasteiger partial charge in [-0.1, -0.05) is 24.3 Å². The van der Waals surface area contributed by atoms with Crippen LogP contribution in [-0.2, 0) is 7.05 Å². The first-order valence-electron chi connectivity index (χ1n) is 7.99. The predicted octanol–water partition coefficient (Wildman–Crippen LogP) is 2.41. The highest BCUT2D eigenvalue weighted by molar-refractivity contribution is 5.85. The Morgan fingerprint density at radius 2 is 2.24 bits per heavy atom. The molecule has 1 fully saturated rings. The third-order valence-electron chi connectivity index (χ3n) is 4.28. The highest BCUT2D eigenvalue weighted by Gasteiger charge is 2.25. The van der Waals surface area contributed by atoms with Gasteiger partial charge in [-0.05, 0) is 6.07 Å². The summed E-state index contributed by atoms with van der Waals surface area (Å²) in [6.07, 6.45) is 7.58. The SMILES string of the molecule is Cl.Cn1ccnc1C1CNCCN1C/C=C/c1ccccc1[N+](=O)[O-]. The zero-order valence-corrected chi connectivity index (χ0v) is 14.9. The van der Waals surface area contributed by atoms with Crippen molar-refractivity contribution in [3.8, 4) is 0 Å². The fourth-order valence-corrected chi connectivity index (χ4v) is 3.03. The molecule has 0 amide bonds. The van der Waals surface area contributed by atoms with E-state index in [1.165, 1.54) is 6.07 Å². The largest absolute Gasteiger partial charge is 0.337 e. The zero-order chi connectivity index (χ0) is 16.9. The van der Waals surface area contributed by atoms with Crippen LogP contribution < -0.4 is 5.32 Å². The number of benzene rings is 1. The van der Waals surface area contributed by atoms with Gasteiger partial charge < -0.3 is 9.88 Å². The maximum atomic E-state index is 11.1. The van der Waals surface area contributed by atoms with Gasteiger partial charge in [-0.25, -0.2) is 4.98 Å². The molecule has 0 bridgehead atoms. The first-order chi connectivity index (χ1) is 11.7. The quantitative estimate of drug-likeness (QED) is 0.652. The van der Waals surface area contributed by atoms with Gasteiger partial charge in [0.05, 0.1) is 16.5 Å². The Balaban J connectivity index is 0.00000225. The van der Waals surface area contributed by atoms with Crippen LogP contribution in [0.25, 0.3) is 6.08 Å². The van der Waals surface area contributed by atoms with E-state index in [0.29, 0.717) is 5.56 Å². The second kappa shape index (κ2) is 8.75. The summed E-state index contributed by atoms with van der Waals surface area (Å²) in [5, 5.41) is 14.5. The summed E-state index contributed by atoms with van der Waals surface area (Å²) < 4.78 is 2.04. The monoisotopic (exact) mass is 363 g/mol. The predicted molar refractivity (Wildman–Crippen MR) is 99.8 cm³/mol. The number of aryl methyl sites for hydroxylation is 1. The second-order valence-electron chi connectivity index (χ2n) is 5.83. The van der Waals surface area contributed by atoms with Gasteiger partial charge in [0.25, 0.3) is 5.69 Å². The van der Waals surface area contributed by atoms with Gasteiger partial charge in [0.2, 0.25) is 0 Å². The number of hydrogen-bond acceptors (Lipinski definition) is 5. The summed E-state index contributed by atoms with van der Waals surface area (Å²) in [6.45, 7) is 3.43. The van der Waals surface area contributed by atoms with Crippen LogP contribution in [0.15, 0.2) is 42.7 Å². The van der Waals surface area contributed by atoms with Crippen molar-refractivity contribution in [2.45, 2.75) is 6.04 Å². The van der Waals surface area contributed by atoms with Crippen LogP contribution in [0.3, 0.4) is 0 Å². The van der Waals surface area contributed by atoms with E-state index in [0.717, 1.165) is 32.0 Å². The molecule has 1 aliphatic rings. The van der Waals surface area contributed by atoms with Crippen LogP contribution in [0.4, 0.5) is 5.69 Å². The summed E-state index contributed by atoms with van der Waals surface area (Å²) in [7, 11) is 2.00. The van der Waals surface area contributed by atoms with Gasteiger partial charge in [0, 0.05) is 51.7 Å². The Kier molecular flexibility index (Phi) is 6.69. The minimum absolute atomic E-state index is 0. The number of nitro benzene ring substituents is 1. The Morgan fingerprint density at radius 3 is 2.96 bits per heavy atom. The molecule has 134 valence electrons. The molecule has 0 spiro atoms. The van der Waals surface area contributed by atoms with Crippen LogP contribution in [0.1, 0.15) is 17.4 Å². The van der Waals surface area contributed by atoms with Crippen LogP contribution in [0.5, 0.6) is 0 Å². The number of aromatic nitrogens is 2. The number of para-hydroxylation sites is 1. The van der Waals surface area contributed by atoms with Crippen molar-refractivity contribution in [3.05, 3.63) is 64.2 Å². The van der Waals surface area contributed by atoms with Crippen LogP contribution in [0.2, 0.25) is 0 Å². The highest BCUT2D eigenvalue weighted by Crippen LogP contribution is 2.22. The molecule has 3 rings (SSSR count). The van der Waals surface area contributed by atoms with Crippen LogP contribution >= 0.6 is 12.4 Å². The first-order valence-corrected chi connectivity index (χ1v) is 7.99. The summed E-state index contributed by atoms with van der Waals surface area (Å²) >= 11 is 0. The van der Waals surface area contributed by atoms with Crippen molar-refractivity contribution < 1.29 is 4.92 Å². The highest BCUT2D eigenvalue weighted by atomic mass is 35.5. The smallest absolute Gasteiger partial charge is 0.276 e. The number of halogens is 1. The summed E-state index contributed by atoms with van der Waals surface area (Å²) in [5.74, 6) is 1.03. The molecule has 2 aromatic rings. The normalized spacial score (nSPS) is 18.2. The fraction of sp³-hybridized carbons (Fsp3) is 0.353. The van der Waals surface area contributed by atoms with E-state index in [1.807, 2.05) is 42.2 Å². The molecule has 1 aromatic carbocycles. The lowest BCUT2D eigenvalue weighted by molar-refractivity contribution is -0.385. The second-order valence-corrected chi connectivity index (χ2v) is 5.83. The summed E-state index contributed by atoms with van der Waals surface area (Å²) in [6, 6.07) is 7.00. The summed E-state index contributed by atoms with van der Waals surface area (Å²) in [5.41, 5.74) is 0.765. The Morgan fingerprint density at radius 1 is 1.44 bits per heavy atom. The fourth-order valence-electron chi connectivity index (χ4n) is 3.03. The van der Waals surface area contributed by atoms with Crippen molar-refractivity contribution in [2.75, 3.05) is 26.2 Å². The minimum atomic E-state index is -0.346. The molecule has 8 heteroatoms. The number of nitro groups is 1. The molecule has 0 aliphatic carbocycles. The maximum absolute atomic E-state index is 11.1. The molecule has 1 aromatic heterocycles. The number of hydrogen-bond donors (Lipinski definition) is 1. The van der Waals surface area contributed by atoms with Gasteiger partial charge in [0.1, 0.15) is 5.82 Å². The van der Waals surface area contributed by atoms with Crippen LogP contribution in [0, 0.1) is 10.1 Å². The molecule has 25 heavy (non-hydrogen) atoms. The Labute approximate surface area is 152 Å². The van der Waals surface area contributed by atoms with Gasteiger partial charge in [0.15, 0.2) is 0 Å². The summed E-state index contributed by atoms with van der Waals surface area (Å²) in [4.78, 5) is 17.5. The van der Waals surface area contributed by atoms with Gasteiger partial charge in [-0.2, -0.15) is 0 Å². The first kappa shape index (κ1) is 19.1. The number of imidazole rings is 1. The molecule has 1 unspecified atom stereocenters. The minimum Gasteiger partial charge on any atom is -0.337 e. The van der Waals surface area contributed by atoms with Gasteiger partial charge in [-0.15, -0.1) is 12.4 Å². The number of piperazine rings is 1. The average Bonchev–Trinajstić information content (AvgIpc) is 3.01. The number of rotatable bonds is 5. The molecular weight excluding hydrogens is 342 g/mol. The molecule has 1 atom stereocenters. The van der Waals surface area contributed by atoms with E-state index < -0.39 is 0 Å². The third kappa shape index (κ3) is 4.45. The van der Waals surface area contributed by atoms with E-state index in [-0.39, 0.29) is 29.1 Å². The molecule has 0 radical (unpaired) electrons. The lowest BCUT2D eigenvalue weighted by Crippen LogP contribution is -2.46. The molecule has 1 N–H and O–H groups in total. The number of nitrogens with one attached hydrogen (secondary N) is 1. The van der Waals surface area contributed by atoms with Crippen molar-refractivity contribution in [2.24, 2.45) is 7.05 Å².